The van der Waals surface area contributed by atoms with Gasteiger partial charge in [-0.25, -0.2) is 0 Å². The Morgan fingerprint density at radius 3 is 2.65 bits per heavy atom. The van der Waals surface area contributed by atoms with Crippen LogP contribution in [0.25, 0.3) is 11.0 Å². The summed E-state index contributed by atoms with van der Waals surface area (Å²) in [4.78, 5) is 12.5. The number of ketones is 1. The van der Waals surface area contributed by atoms with Crippen LogP contribution in [0.4, 0.5) is 0 Å². The van der Waals surface area contributed by atoms with Crippen molar-refractivity contribution in [3.63, 3.8) is 0 Å². The van der Waals surface area contributed by atoms with Crippen molar-refractivity contribution in [2.24, 2.45) is 0 Å². The molecule has 0 N–H and O–H groups in total. The molecule has 0 atom stereocenters. The van der Waals surface area contributed by atoms with Crippen molar-refractivity contribution in [1.29, 1.82) is 0 Å². The van der Waals surface area contributed by atoms with E-state index in [2.05, 4.69) is 0 Å². The van der Waals surface area contributed by atoms with E-state index >= 15 is 0 Å². The monoisotopic (exact) mass is 284 g/mol. The fourth-order valence-electron chi connectivity index (χ4n) is 2.24. The Morgan fingerprint density at radius 1 is 1.05 bits per heavy atom. The number of rotatable bonds is 2. The van der Waals surface area contributed by atoms with Gasteiger partial charge in [0.15, 0.2) is 5.76 Å². The van der Waals surface area contributed by atoms with Gasteiger partial charge in [-0.05, 0) is 49.7 Å². The summed E-state index contributed by atoms with van der Waals surface area (Å²) in [7, 11) is 0. The molecule has 0 unspecified atom stereocenters. The number of carbonyl (C=O) groups is 1. The third-order valence-corrected chi connectivity index (χ3v) is 3.57. The second kappa shape index (κ2) is 4.80. The number of benzene rings is 2. The molecular weight excluding hydrogens is 272 g/mol. The van der Waals surface area contributed by atoms with Gasteiger partial charge in [-0.2, -0.15) is 0 Å². The third-order valence-electron chi connectivity index (χ3n) is 3.34. The van der Waals surface area contributed by atoms with Crippen LogP contribution < -0.4 is 0 Å². The van der Waals surface area contributed by atoms with Crippen molar-refractivity contribution in [1.82, 2.24) is 0 Å². The summed E-state index contributed by atoms with van der Waals surface area (Å²) in [5.74, 6) is 0.245. The summed E-state index contributed by atoms with van der Waals surface area (Å²) in [6, 6.07) is 12.9. The van der Waals surface area contributed by atoms with Gasteiger partial charge in [-0.1, -0.05) is 29.3 Å². The van der Waals surface area contributed by atoms with Crippen LogP contribution in [0.5, 0.6) is 0 Å². The lowest BCUT2D eigenvalue weighted by molar-refractivity contribution is 0.101. The lowest BCUT2D eigenvalue weighted by Crippen LogP contribution is -2.02. The number of carbonyl (C=O) groups excluding carboxylic acids is 1. The Hall–Kier alpha value is -2.06. The maximum atomic E-state index is 12.5. The van der Waals surface area contributed by atoms with Crippen molar-refractivity contribution in [3.05, 3.63) is 69.9 Å². The van der Waals surface area contributed by atoms with E-state index in [1.54, 1.807) is 24.3 Å². The summed E-state index contributed by atoms with van der Waals surface area (Å²) >= 11 is 5.94. The van der Waals surface area contributed by atoms with Crippen LogP contribution in [-0.2, 0) is 0 Å². The van der Waals surface area contributed by atoms with Gasteiger partial charge in [0.2, 0.25) is 5.78 Å². The summed E-state index contributed by atoms with van der Waals surface area (Å²) < 4.78 is 5.63. The Kier molecular flexibility index (Phi) is 3.11. The highest BCUT2D eigenvalue weighted by atomic mass is 35.5. The molecule has 0 spiro atoms. The van der Waals surface area contributed by atoms with Gasteiger partial charge in [-0.3, -0.25) is 4.79 Å². The molecule has 20 heavy (non-hydrogen) atoms. The maximum Gasteiger partial charge on any atom is 0.228 e. The van der Waals surface area contributed by atoms with Crippen LogP contribution in [0.3, 0.4) is 0 Å². The highest BCUT2D eigenvalue weighted by molar-refractivity contribution is 6.31. The molecule has 3 aromatic rings. The van der Waals surface area contributed by atoms with E-state index in [1.807, 2.05) is 32.0 Å². The second-order valence-electron chi connectivity index (χ2n) is 4.94. The van der Waals surface area contributed by atoms with E-state index in [0.717, 1.165) is 16.5 Å². The molecule has 1 aromatic heterocycles. The second-order valence-corrected chi connectivity index (χ2v) is 5.38. The largest absolute Gasteiger partial charge is 0.453 e. The predicted octanol–water partition coefficient (Wildman–Crippen LogP) is 4.93. The van der Waals surface area contributed by atoms with Crippen LogP contribution in [0, 0.1) is 13.8 Å². The van der Waals surface area contributed by atoms with Crippen molar-refractivity contribution in [2.45, 2.75) is 13.8 Å². The van der Waals surface area contributed by atoms with Gasteiger partial charge in [0.05, 0.1) is 0 Å². The lowest BCUT2D eigenvalue weighted by atomic mass is 10.0. The highest BCUT2D eigenvalue weighted by Gasteiger charge is 2.16. The standard InChI is InChI=1S/C17H13ClO2/c1-10-3-4-11(2)14(7-10)17(19)16-9-12-8-13(18)5-6-15(12)20-16/h3-9H,1-2H3. The maximum absolute atomic E-state index is 12.5. The number of halogens is 1. The summed E-state index contributed by atoms with van der Waals surface area (Å²) in [6.45, 7) is 3.89. The first-order valence-electron chi connectivity index (χ1n) is 6.35. The Balaban J connectivity index is 2.10. The van der Waals surface area contributed by atoms with Gasteiger partial charge < -0.3 is 4.42 Å². The molecule has 0 aliphatic rings. The molecule has 0 amide bonds. The molecule has 0 saturated heterocycles. The average molecular weight is 285 g/mol. The molecule has 3 rings (SSSR count). The molecule has 0 aliphatic carbocycles. The van der Waals surface area contributed by atoms with Crippen LogP contribution in [0.2, 0.25) is 5.02 Å². The molecule has 2 nitrogen and oxygen atoms in total. The molecule has 3 heteroatoms. The smallest absolute Gasteiger partial charge is 0.228 e. The van der Waals surface area contributed by atoms with E-state index in [0.29, 0.717) is 21.9 Å². The fraction of sp³-hybridized carbons (Fsp3) is 0.118. The quantitative estimate of drug-likeness (QED) is 0.624. The van der Waals surface area contributed by atoms with Gasteiger partial charge in [0, 0.05) is 16.0 Å². The number of aryl methyl sites for hydroxylation is 2. The van der Waals surface area contributed by atoms with Crippen LogP contribution in [0.1, 0.15) is 27.2 Å². The van der Waals surface area contributed by atoms with Gasteiger partial charge in [0.25, 0.3) is 0 Å². The molecule has 0 bridgehead atoms. The molecule has 2 aromatic carbocycles. The summed E-state index contributed by atoms with van der Waals surface area (Å²) in [5, 5.41) is 1.47. The summed E-state index contributed by atoms with van der Waals surface area (Å²) in [5.41, 5.74) is 3.34. The Labute approximate surface area is 122 Å². The van der Waals surface area contributed by atoms with Crippen molar-refractivity contribution in [3.8, 4) is 0 Å². The number of fused-ring (bicyclic) bond motifs is 1. The van der Waals surface area contributed by atoms with Crippen molar-refractivity contribution >= 4 is 28.4 Å². The Bertz CT molecular complexity index is 815. The predicted molar refractivity (Wildman–Crippen MR) is 80.6 cm³/mol. The molecule has 0 saturated carbocycles. The zero-order valence-electron chi connectivity index (χ0n) is 11.2. The lowest BCUT2D eigenvalue weighted by Gasteiger charge is -2.03. The highest BCUT2D eigenvalue weighted by Crippen LogP contribution is 2.25. The normalized spacial score (nSPS) is 10.9. The molecule has 0 aliphatic heterocycles. The van der Waals surface area contributed by atoms with Gasteiger partial charge in [-0.15, -0.1) is 0 Å². The van der Waals surface area contributed by atoms with Gasteiger partial charge >= 0.3 is 0 Å². The molecular formula is C17H13ClO2. The average Bonchev–Trinajstić information content (AvgIpc) is 2.83. The van der Waals surface area contributed by atoms with E-state index in [9.17, 15) is 4.79 Å². The Morgan fingerprint density at radius 2 is 1.85 bits per heavy atom. The molecule has 0 radical (unpaired) electrons. The zero-order chi connectivity index (χ0) is 14.3. The van der Waals surface area contributed by atoms with E-state index < -0.39 is 0 Å². The zero-order valence-corrected chi connectivity index (χ0v) is 12.0. The SMILES string of the molecule is Cc1ccc(C)c(C(=O)c2cc3cc(Cl)ccc3o2)c1. The van der Waals surface area contributed by atoms with Crippen LogP contribution in [-0.4, -0.2) is 5.78 Å². The number of hydrogen-bond donors (Lipinski definition) is 0. The molecule has 1 heterocycles. The molecule has 100 valence electrons. The van der Waals surface area contributed by atoms with E-state index in [4.69, 9.17) is 16.0 Å². The van der Waals surface area contributed by atoms with E-state index in [1.165, 1.54) is 0 Å². The topological polar surface area (TPSA) is 30.2 Å². The van der Waals surface area contributed by atoms with Crippen molar-refractivity contribution < 1.29 is 9.21 Å². The third kappa shape index (κ3) is 2.23. The number of hydrogen-bond acceptors (Lipinski definition) is 2. The summed E-state index contributed by atoms with van der Waals surface area (Å²) in [6.07, 6.45) is 0. The van der Waals surface area contributed by atoms with E-state index in [-0.39, 0.29) is 5.78 Å². The van der Waals surface area contributed by atoms with Crippen LogP contribution in [0.15, 0.2) is 46.9 Å². The minimum atomic E-state index is -0.0986. The molecule has 0 fully saturated rings. The minimum Gasteiger partial charge on any atom is -0.453 e. The number of furan rings is 1. The van der Waals surface area contributed by atoms with Gasteiger partial charge in [0.1, 0.15) is 5.58 Å². The first-order valence-corrected chi connectivity index (χ1v) is 6.73. The first kappa shape index (κ1) is 12.9. The van der Waals surface area contributed by atoms with Crippen LogP contribution >= 0.6 is 11.6 Å². The van der Waals surface area contributed by atoms with Crippen molar-refractivity contribution in [2.75, 3.05) is 0 Å². The fourth-order valence-corrected chi connectivity index (χ4v) is 2.42. The first-order chi connectivity index (χ1) is 9.54. The minimum absolute atomic E-state index is 0.0986.